The molecule has 0 amide bonds. The Hall–Kier alpha value is -1.89. The first-order valence-corrected chi connectivity index (χ1v) is 6.05. The number of H-pyrrole nitrogens is 2. The van der Waals surface area contributed by atoms with Crippen LogP contribution in [0.2, 0.25) is 0 Å². The van der Waals surface area contributed by atoms with Crippen LogP contribution in [-0.2, 0) is 11.3 Å². The van der Waals surface area contributed by atoms with Crippen molar-refractivity contribution < 1.29 is 4.74 Å². The summed E-state index contributed by atoms with van der Waals surface area (Å²) in [6.45, 7) is 3.00. The van der Waals surface area contributed by atoms with Crippen molar-refractivity contribution in [2.45, 2.75) is 32.4 Å². The Morgan fingerprint density at radius 1 is 1.44 bits per heavy atom. The molecule has 1 atom stereocenters. The first-order chi connectivity index (χ1) is 8.70. The van der Waals surface area contributed by atoms with E-state index in [2.05, 4.69) is 15.0 Å². The lowest BCUT2D eigenvalue weighted by Crippen LogP contribution is -2.29. The summed E-state index contributed by atoms with van der Waals surface area (Å²) in [6.07, 6.45) is 1.77. The van der Waals surface area contributed by atoms with E-state index >= 15 is 0 Å². The minimum absolute atomic E-state index is 0.0998. The molecule has 0 spiro atoms. The molecule has 7 nitrogen and oxygen atoms in total. The number of hydrogen-bond acceptors (Lipinski definition) is 4. The third-order valence-electron chi connectivity index (χ3n) is 3.20. The van der Waals surface area contributed by atoms with Gasteiger partial charge in [-0.15, -0.1) is 0 Å². The van der Waals surface area contributed by atoms with Crippen LogP contribution < -0.4 is 11.2 Å². The van der Waals surface area contributed by atoms with E-state index in [4.69, 9.17) is 4.74 Å². The van der Waals surface area contributed by atoms with Crippen molar-refractivity contribution in [3.8, 4) is 0 Å². The number of hydrogen-bond donors (Lipinski definition) is 2. The Kier molecular flexibility index (Phi) is 2.55. The van der Waals surface area contributed by atoms with E-state index in [1.807, 2.05) is 6.92 Å². The lowest BCUT2D eigenvalue weighted by Gasteiger charge is -2.03. The summed E-state index contributed by atoms with van der Waals surface area (Å²) in [5.74, 6) is 0.626. The van der Waals surface area contributed by atoms with E-state index in [0.29, 0.717) is 30.1 Å². The lowest BCUT2D eigenvalue weighted by molar-refractivity contribution is 0.106. The third kappa shape index (κ3) is 1.59. The van der Waals surface area contributed by atoms with Crippen molar-refractivity contribution in [3.05, 3.63) is 26.7 Å². The summed E-state index contributed by atoms with van der Waals surface area (Å²) >= 11 is 0. The van der Waals surface area contributed by atoms with Crippen LogP contribution in [0, 0.1) is 0 Å². The molecule has 1 unspecified atom stereocenters. The van der Waals surface area contributed by atoms with Crippen molar-refractivity contribution >= 4 is 11.2 Å². The van der Waals surface area contributed by atoms with Crippen LogP contribution in [0.4, 0.5) is 0 Å². The van der Waals surface area contributed by atoms with Gasteiger partial charge >= 0.3 is 5.69 Å². The van der Waals surface area contributed by atoms with Gasteiger partial charge in [0.1, 0.15) is 17.4 Å². The van der Waals surface area contributed by atoms with Crippen LogP contribution >= 0.6 is 0 Å². The van der Waals surface area contributed by atoms with Crippen molar-refractivity contribution in [1.29, 1.82) is 0 Å². The molecule has 7 heteroatoms. The number of rotatable bonds is 2. The van der Waals surface area contributed by atoms with Crippen LogP contribution in [-0.4, -0.2) is 26.1 Å². The van der Waals surface area contributed by atoms with Crippen molar-refractivity contribution in [2.24, 2.45) is 0 Å². The maximum Gasteiger partial charge on any atom is 0.330 e. The van der Waals surface area contributed by atoms with E-state index in [9.17, 15) is 9.59 Å². The quantitative estimate of drug-likeness (QED) is 0.800. The molecule has 0 aromatic carbocycles. The van der Waals surface area contributed by atoms with Gasteiger partial charge in [-0.2, -0.15) is 0 Å². The molecule has 2 aromatic rings. The lowest BCUT2D eigenvalue weighted by atomic mass is 10.2. The van der Waals surface area contributed by atoms with Crippen LogP contribution in [0.5, 0.6) is 0 Å². The Labute approximate surface area is 102 Å². The van der Waals surface area contributed by atoms with Crippen molar-refractivity contribution in [2.75, 3.05) is 6.61 Å². The second-order valence-electron chi connectivity index (χ2n) is 4.33. The molecule has 1 aliphatic rings. The fraction of sp³-hybridized carbons (Fsp3) is 0.545. The maximum absolute atomic E-state index is 11.7. The van der Waals surface area contributed by atoms with E-state index in [1.165, 1.54) is 4.57 Å². The highest BCUT2D eigenvalue weighted by Gasteiger charge is 2.22. The SMILES string of the molecule is CCn1c(=O)[nH]c(=O)c2[nH]c(C3CCCO3)nc21. The topological polar surface area (TPSA) is 92.8 Å². The maximum atomic E-state index is 11.7. The average Bonchev–Trinajstić information content (AvgIpc) is 2.97. The smallest absolute Gasteiger partial charge is 0.330 e. The standard InChI is InChI=1S/C11H14N4O3/c1-2-15-9-7(10(16)14-11(15)17)12-8(13-9)6-4-3-5-18-6/h6H,2-5H2,1H3,(H,12,13)(H,14,16,17). The summed E-state index contributed by atoms with van der Waals surface area (Å²) in [7, 11) is 0. The number of aryl methyl sites for hydroxylation is 1. The van der Waals surface area contributed by atoms with E-state index in [1.54, 1.807) is 0 Å². The number of fused-ring (bicyclic) bond motifs is 1. The predicted molar refractivity (Wildman–Crippen MR) is 64.6 cm³/mol. The van der Waals surface area contributed by atoms with E-state index < -0.39 is 11.2 Å². The highest BCUT2D eigenvalue weighted by atomic mass is 16.5. The van der Waals surface area contributed by atoms with Crippen molar-refractivity contribution in [1.82, 2.24) is 19.5 Å². The molecule has 0 bridgehead atoms. The number of nitrogens with zero attached hydrogens (tertiary/aromatic N) is 2. The van der Waals surface area contributed by atoms with Crippen LogP contribution in [0.1, 0.15) is 31.7 Å². The fourth-order valence-corrected chi connectivity index (χ4v) is 2.30. The molecule has 0 radical (unpaired) electrons. The number of imidazole rings is 1. The predicted octanol–water partition coefficient (Wildman–Crippen LogP) is 0.284. The Morgan fingerprint density at radius 3 is 2.94 bits per heavy atom. The Morgan fingerprint density at radius 2 is 2.28 bits per heavy atom. The number of aromatic nitrogens is 4. The second-order valence-corrected chi connectivity index (χ2v) is 4.33. The normalized spacial score (nSPS) is 19.7. The molecule has 0 aliphatic carbocycles. The van der Waals surface area contributed by atoms with Gasteiger partial charge in [0.2, 0.25) is 0 Å². The van der Waals surface area contributed by atoms with Gasteiger partial charge in [0.15, 0.2) is 5.65 Å². The molecular weight excluding hydrogens is 236 g/mol. The Balaban J connectivity index is 2.24. The van der Waals surface area contributed by atoms with Gasteiger partial charge in [-0.05, 0) is 19.8 Å². The molecule has 1 saturated heterocycles. The summed E-state index contributed by atoms with van der Waals surface area (Å²) in [5, 5.41) is 0. The van der Waals surface area contributed by atoms with Gasteiger partial charge in [0, 0.05) is 13.2 Å². The number of nitrogens with one attached hydrogen (secondary N) is 2. The van der Waals surface area contributed by atoms with Gasteiger partial charge < -0.3 is 9.72 Å². The minimum atomic E-state index is -0.434. The van der Waals surface area contributed by atoms with Crippen molar-refractivity contribution in [3.63, 3.8) is 0 Å². The zero-order chi connectivity index (χ0) is 12.7. The third-order valence-corrected chi connectivity index (χ3v) is 3.20. The summed E-state index contributed by atoms with van der Waals surface area (Å²) < 4.78 is 6.95. The molecule has 1 aliphatic heterocycles. The highest BCUT2D eigenvalue weighted by Crippen LogP contribution is 2.26. The minimum Gasteiger partial charge on any atom is -0.370 e. The molecule has 2 N–H and O–H groups in total. The fourth-order valence-electron chi connectivity index (χ4n) is 2.30. The second kappa shape index (κ2) is 4.09. The molecular formula is C11H14N4O3. The molecule has 0 saturated carbocycles. The van der Waals surface area contributed by atoms with Gasteiger partial charge in [-0.1, -0.05) is 0 Å². The van der Waals surface area contributed by atoms with Crippen LogP contribution in [0.25, 0.3) is 11.2 Å². The first kappa shape index (κ1) is 11.2. The van der Waals surface area contributed by atoms with Crippen LogP contribution in [0.15, 0.2) is 9.59 Å². The molecule has 96 valence electrons. The largest absolute Gasteiger partial charge is 0.370 e. The Bertz CT molecular complexity index is 690. The highest BCUT2D eigenvalue weighted by molar-refractivity contribution is 5.69. The van der Waals surface area contributed by atoms with Gasteiger partial charge in [0.05, 0.1) is 0 Å². The molecule has 3 rings (SSSR count). The molecule has 1 fully saturated rings. The zero-order valence-electron chi connectivity index (χ0n) is 10.0. The molecule has 2 aromatic heterocycles. The summed E-state index contributed by atoms with van der Waals surface area (Å²) in [6, 6.07) is 0. The average molecular weight is 250 g/mol. The van der Waals surface area contributed by atoms with E-state index in [-0.39, 0.29) is 6.10 Å². The molecule has 18 heavy (non-hydrogen) atoms. The number of ether oxygens (including phenoxy) is 1. The van der Waals surface area contributed by atoms with Gasteiger partial charge in [0.25, 0.3) is 5.56 Å². The zero-order valence-corrected chi connectivity index (χ0v) is 10.0. The van der Waals surface area contributed by atoms with Gasteiger partial charge in [-0.25, -0.2) is 9.78 Å². The summed E-state index contributed by atoms with van der Waals surface area (Å²) in [4.78, 5) is 32.9. The number of aromatic amines is 2. The summed E-state index contributed by atoms with van der Waals surface area (Å²) in [5.41, 5.74) is -0.129. The van der Waals surface area contributed by atoms with Crippen LogP contribution in [0.3, 0.4) is 0 Å². The molecule has 3 heterocycles. The monoisotopic (exact) mass is 250 g/mol. The van der Waals surface area contributed by atoms with Gasteiger partial charge in [-0.3, -0.25) is 14.3 Å². The first-order valence-electron chi connectivity index (χ1n) is 6.05. The van der Waals surface area contributed by atoms with E-state index in [0.717, 1.165) is 12.8 Å².